The lowest BCUT2D eigenvalue weighted by Gasteiger charge is -2.41. The Morgan fingerprint density at radius 2 is 1.95 bits per heavy atom. The number of carbonyl (C=O) groups excluding carboxylic acids is 3. The number of allylic oxidation sites excluding steroid dienone is 1. The van der Waals surface area contributed by atoms with Gasteiger partial charge in [0.1, 0.15) is 6.04 Å². The van der Waals surface area contributed by atoms with Gasteiger partial charge in [-0.05, 0) is 61.4 Å². The van der Waals surface area contributed by atoms with E-state index in [1.165, 1.54) is 0 Å². The van der Waals surface area contributed by atoms with Crippen molar-refractivity contribution in [1.29, 1.82) is 0 Å². The van der Waals surface area contributed by atoms with Crippen LogP contribution in [0.25, 0.3) is 10.8 Å². The lowest BCUT2D eigenvalue weighted by molar-refractivity contribution is -0.155. The van der Waals surface area contributed by atoms with Crippen LogP contribution in [0.3, 0.4) is 0 Å². The van der Waals surface area contributed by atoms with E-state index in [0.717, 1.165) is 42.1 Å². The number of likely N-dealkylation sites (tertiary alicyclic amines) is 1. The van der Waals surface area contributed by atoms with Gasteiger partial charge in [-0.3, -0.25) is 14.4 Å². The van der Waals surface area contributed by atoms with Gasteiger partial charge in [-0.2, -0.15) is 0 Å². The van der Waals surface area contributed by atoms with Crippen LogP contribution >= 0.6 is 11.8 Å². The summed E-state index contributed by atoms with van der Waals surface area (Å²) in [6.45, 7) is 11.8. The molecule has 3 fully saturated rings. The number of benzene rings is 2. The van der Waals surface area contributed by atoms with Gasteiger partial charge in [0.05, 0.1) is 35.8 Å². The fourth-order valence-corrected chi connectivity index (χ4v) is 9.56. The van der Waals surface area contributed by atoms with Gasteiger partial charge in [-0.25, -0.2) is 0 Å². The number of aliphatic hydroxyl groups is 1. The Kier molecular flexibility index (Phi) is 8.62. The Bertz CT molecular complexity index is 1350. The van der Waals surface area contributed by atoms with Gasteiger partial charge in [-0.15, -0.1) is 24.9 Å². The quantitative estimate of drug-likeness (QED) is 0.218. The molecule has 0 aromatic heterocycles. The molecule has 3 unspecified atom stereocenters. The molecule has 3 aliphatic heterocycles. The SMILES string of the molecule is C=CCCCCOC(=O)[C@@H]1[C@H]2C(=O)N([C@H](C)CO)C(C(=O)N(CC=C)c3ccc4ccccc4c3)C23S[C@@H]1CC3C. The monoisotopic (exact) mass is 576 g/mol. The van der Waals surface area contributed by atoms with Crippen molar-refractivity contribution in [2.45, 2.75) is 61.6 Å². The minimum absolute atomic E-state index is 0.0233. The van der Waals surface area contributed by atoms with Gasteiger partial charge >= 0.3 is 5.97 Å². The highest BCUT2D eigenvalue weighted by molar-refractivity contribution is 8.02. The van der Waals surface area contributed by atoms with Crippen molar-refractivity contribution < 1.29 is 24.2 Å². The van der Waals surface area contributed by atoms with Crippen LogP contribution in [0.5, 0.6) is 0 Å². The third-order valence-corrected chi connectivity index (χ3v) is 11.2. The summed E-state index contributed by atoms with van der Waals surface area (Å²) in [5.41, 5.74) is 0.721. The van der Waals surface area contributed by atoms with Crippen molar-refractivity contribution in [3.8, 4) is 0 Å². The van der Waals surface area contributed by atoms with Gasteiger partial charge in [0, 0.05) is 17.5 Å². The number of rotatable bonds is 12. The molecule has 2 aromatic carbocycles. The van der Waals surface area contributed by atoms with Crippen molar-refractivity contribution in [3.05, 3.63) is 67.8 Å². The Balaban J connectivity index is 1.52. The first-order chi connectivity index (χ1) is 19.8. The maximum atomic E-state index is 14.7. The lowest BCUT2D eigenvalue weighted by Crippen LogP contribution is -2.59. The molecule has 0 saturated carbocycles. The van der Waals surface area contributed by atoms with E-state index in [9.17, 15) is 19.5 Å². The summed E-state index contributed by atoms with van der Waals surface area (Å²) >= 11 is 1.61. The normalized spacial score (nSPS) is 28.9. The molecular weight excluding hydrogens is 536 g/mol. The van der Waals surface area contributed by atoms with Crippen molar-refractivity contribution >= 4 is 46.0 Å². The van der Waals surface area contributed by atoms with E-state index < -0.39 is 28.7 Å². The number of hydrogen-bond donors (Lipinski definition) is 1. The highest BCUT2D eigenvalue weighted by Crippen LogP contribution is 2.69. The van der Waals surface area contributed by atoms with Gasteiger partial charge in [0.2, 0.25) is 5.91 Å². The molecule has 7 atom stereocenters. The number of esters is 1. The number of ether oxygens (including phenoxy) is 1. The van der Waals surface area contributed by atoms with Crippen molar-refractivity contribution in [1.82, 2.24) is 4.90 Å². The number of nitrogens with zero attached hydrogens (tertiary/aromatic N) is 2. The minimum atomic E-state index is -0.830. The van der Waals surface area contributed by atoms with Crippen LogP contribution in [-0.2, 0) is 19.1 Å². The number of amides is 2. The van der Waals surface area contributed by atoms with Crippen LogP contribution in [0.2, 0.25) is 0 Å². The van der Waals surface area contributed by atoms with Crippen LogP contribution in [0.15, 0.2) is 67.8 Å². The van der Waals surface area contributed by atoms with Crippen molar-refractivity contribution in [3.63, 3.8) is 0 Å². The summed E-state index contributed by atoms with van der Waals surface area (Å²) in [7, 11) is 0. The molecule has 218 valence electrons. The van der Waals surface area contributed by atoms with E-state index >= 15 is 0 Å². The smallest absolute Gasteiger partial charge is 0.310 e. The minimum Gasteiger partial charge on any atom is -0.465 e. The molecule has 0 radical (unpaired) electrons. The summed E-state index contributed by atoms with van der Waals surface area (Å²) in [5, 5.41) is 12.2. The summed E-state index contributed by atoms with van der Waals surface area (Å²) in [4.78, 5) is 45.7. The molecule has 2 amide bonds. The first-order valence-electron chi connectivity index (χ1n) is 14.6. The van der Waals surface area contributed by atoms with Gasteiger partial charge in [0.15, 0.2) is 0 Å². The maximum absolute atomic E-state index is 14.7. The van der Waals surface area contributed by atoms with E-state index in [-0.39, 0.29) is 42.1 Å². The van der Waals surface area contributed by atoms with Crippen molar-refractivity contribution in [2.75, 3.05) is 24.7 Å². The van der Waals surface area contributed by atoms with Crippen LogP contribution in [0.1, 0.15) is 39.5 Å². The standard InChI is InChI=1S/C33H40N2O5S/c1-5-7-8-11-17-40-32(39)27-26-18-21(3)33(41-26)28(27)30(37)35(22(4)20-36)29(33)31(38)34(16-6-2)25-15-14-23-12-9-10-13-24(23)19-25/h5-6,9-10,12-15,19,21-22,26-29,36H,1-2,7-8,11,16-18,20H2,3-4H3/t21?,22-,26-,27+,28+,29?,33?/m1/s1. The zero-order valence-corrected chi connectivity index (χ0v) is 24.7. The summed E-state index contributed by atoms with van der Waals surface area (Å²) in [6, 6.07) is 12.5. The number of thioether (sulfide) groups is 1. The number of fused-ring (bicyclic) bond motifs is 2. The maximum Gasteiger partial charge on any atom is 0.310 e. The predicted molar refractivity (Wildman–Crippen MR) is 164 cm³/mol. The van der Waals surface area contributed by atoms with Gasteiger partial charge in [0.25, 0.3) is 5.91 Å². The van der Waals surface area contributed by atoms with E-state index in [2.05, 4.69) is 20.1 Å². The molecule has 0 aliphatic carbocycles. The van der Waals surface area contributed by atoms with E-state index in [0.29, 0.717) is 6.61 Å². The molecule has 3 aliphatic rings. The second-order valence-corrected chi connectivity index (χ2v) is 13.1. The Hall–Kier alpha value is -3.10. The second kappa shape index (κ2) is 12.0. The zero-order valence-electron chi connectivity index (χ0n) is 23.9. The average molecular weight is 577 g/mol. The van der Waals surface area contributed by atoms with Crippen molar-refractivity contribution in [2.24, 2.45) is 17.8 Å². The molecule has 7 nitrogen and oxygen atoms in total. The van der Waals surface area contributed by atoms with Crippen LogP contribution in [0, 0.1) is 17.8 Å². The molecule has 1 N–H and O–H groups in total. The second-order valence-electron chi connectivity index (χ2n) is 11.6. The van der Waals surface area contributed by atoms with E-state index in [1.54, 1.807) is 34.6 Å². The van der Waals surface area contributed by atoms with Crippen LogP contribution in [-0.4, -0.2) is 69.6 Å². The zero-order chi connectivity index (χ0) is 29.3. The number of hydrogen-bond acceptors (Lipinski definition) is 6. The molecule has 1 spiro atoms. The topological polar surface area (TPSA) is 87.1 Å². The fraction of sp³-hybridized carbons (Fsp3) is 0.485. The first-order valence-corrected chi connectivity index (χ1v) is 15.5. The molecule has 5 rings (SSSR count). The number of carbonyl (C=O) groups is 3. The molecule has 3 heterocycles. The average Bonchev–Trinajstić information content (AvgIpc) is 3.58. The Morgan fingerprint density at radius 3 is 2.66 bits per heavy atom. The fourth-order valence-electron chi connectivity index (χ4n) is 7.17. The number of unbranched alkanes of at least 4 members (excludes halogenated alkanes) is 2. The lowest BCUT2D eigenvalue weighted by atomic mass is 9.66. The summed E-state index contributed by atoms with van der Waals surface area (Å²) in [6.07, 6.45) is 6.74. The molecule has 2 bridgehead atoms. The largest absolute Gasteiger partial charge is 0.465 e. The molecule has 3 saturated heterocycles. The predicted octanol–water partition coefficient (Wildman–Crippen LogP) is 4.98. The highest BCUT2D eigenvalue weighted by atomic mass is 32.2. The molecular formula is C33H40N2O5S. The van der Waals surface area contributed by atoms with Crippen LogP contribution < -0.4 is 4.90 Å². The number of aliphatic hydroxyl groups excluding tert-OH is 1. The Morgan fingerprint density at radius 1 is 1.20 bits per heavy atom. The summed E-state index contributed by atoms with van der Waals surface area (Å²) in [5.74, 6) is -2.06. The van der Waals surface area contributed by atoms with Crippen LogP contribution in [0.4, 0.5) is 5.69 Å². The first kappa shape index (κ1) is 29.4. The third kappa shape index (κ3) is 4.89. The number of anilines is 1. The molecule has 2 aromatic rings. The third-order valence-electron chi connectivity index (χ3n) is 9.10. The van der Waals surface area contributed by atoms with E-state index in [1.807, 2.05) is 48.5 Å². The molecule has 8 heteroatoms. The van der Waals surface area contributed by atoms with Gasteiger partial charge < -0.3 is 19.6 Å². The van der Waals surface area contributed by atoms with Gasteiger partial charge in [-0.1, -0.05) is 49.4 Å². The molecule has 41 heavy (non-hydrogen) atoms. The summed E-state index contributed by atoms with van der Waals surface area (Å²) < 4.78 is 4.93. The van der Waals surface area contributed by atoms with E-state index in [4.69, 9.17) is 4.74 Å². The Labute approximate surface area is 246 Å². The highest BCUT2D eigenvalue weighted by Gasteiger charge is 2.77.